The highest BCUT2D eigenvalue weighted by atomic mass is 127. The van der Waals surface area contributed by atoms with Gasteiger partial charge in [-0.1, -0.05) is 6.92 Å². The third-order valence-electron chi connectivity index (χ3n) is 2.83. The summed E-state index contributed by atoms with van der Waals surface area (Å²) in [5.41, 5.74) is 2.75. The van der Waals surface area contributed by atoms with Crippen LogP contribution in [-0.4, -0.2) is 15.6 Å². The number of halogens is 3. The Hall–Kier alpha value is -0.915. The lowest BCUT2D eigenvalue weighted by atomic mass is 10.1. The topological polar surface area (TPSA) is 17.3 Å². The zero-order chi connectivity index (χ0) is 13.3. The molecule has 0 bridgehead atoms. The second-order valence-electron chi connectivity index (χ2n) is 4.04. The van der Waals surface area contributed by atoms with E-state index in [2.05, 4.69) is 27.6 Å². The number of nitrogens with zero attached hydrogens (tertiary/aromatic N) is 2. The first kappa shape index (κ1) is 13.5. The van der Waals surface area contributed by atoms with Crippen molar-refractivity contribution in [3.05, 3.63) is 40.9 Å². The molecule has 1 aromatic rings. The molecular formula is C12H12BF2IN2. The van der Waals surface area contributed by atoms with Crippen molar-refractivity contribution in [3.63, 3.8) is 0 Å². The number of rotatable bonds is 3. The third kappa shape index (κ3) is 2.58. The Morgan fingerprint density at radius 2 is 2.17 bits per heavy atom. The summed E-state index contributed by atoms with van der Waals surface area (Å²) < 4.78 is 28.2. The molecule has 1 aromatic heterocycles. The van der Waals surface area contributed by atoms with Gasteiger partial charge in [-0.2, -0.15) is 0 Å². The highest BCUT2D eigenvalue weighted by Crippen LogP contribution is 2.23. The van der Waals surface area contributed by atoms with E-state index in [1.165, 1.54) is 0 Å². The van der Waals surface area contributed by atoms with Gasteiger partial charge in [-0.25, -0.2) is 4.99 Å². The largest absolute Gasteiger partial charge is 0.677 e. The van der Waals surface area contributed by atoms with Crippen molar-refractivity contribution < 1.29 is 8.63 Å². The minimum Gasteiger partial charge on any atom is -0.329 e. The molecule has 0 unspecified atom stereocenters. The van der Waals surface area contributed by atoms with Gasteiger partial charge in [0, 0.05) is 11.4 Å². The molecule has 6 heteroatoms. The Balaban J connectivity index is 2.51. The molecule has 2 nitrogen and oxygen atoms in total. The highest BCUT2D eigenvalue weighted by Gasteiger charge is 2.24. The zero-order valence-electron chi connectivity index (χ0n) is 10.1. The van der Waals surface area contributed by atoms with Crippen molar-refractivity contribution in [2.75, 3.05) is 0 Å². The van der Waals surface area contributed by atoms with E-state index < -0.39 is 7.40 Å². The van der Waals surface area contributed by atoms with Crippen LogP contribution in [0, 0.1) is 6.92 Å². The first-order valence-corrected chi connectivity index (χ1v) is 6.73. The van der Waals surface area contributed by atoms with Gasteiger partial charge in [-0.05, 0) is 65.8 Å². The molecule has 0 aromatic carbocycles. The molecule has 94 valence electrons. The van der Waals surface area contributed by atoms with Crippen LogP contribution in [0.3, 0.4) is 0 Å². The van der Waals surface area contributed by atoms with Gasteiger partial charge < -0.3 is 4.48 Å². The molecule has 0 atom stereocenters. The Morgan fingerprint density at radius 1 is 1.44 bits per heavy atom. The Bertz CT molecular complexity index is 559. The summed E-state index contributed by atoms with van der Waals surface area (Å²) in [6.45, 7) is 3.72. The van der Waals surface area contributed by atoms with Gasteiger partial charge in [-0.15, -0.1) is 0 Å². The van der Waals surface area contributed by atoms with Crippen LogP contribution in [0.15, 0.2) is 28.9 Å². The summed E-state index contributed by atoms with van der Waals surface area (Å²) in [6.07, 6.45) is 5.99. The van der Waals surface area contributed by atoms with Crippen molar-refractivity contribution in [1.29, 1.82) is 0 Å². The smallest absolute Gasteiger partial charge is 0.329 e. The normalized spacial score (nSPS) is 16.5. The molecule has 0 amide bonds. The molecule has 0 saturated carbocycles. The quantitative estimate of drug-likeness (QED) is 0.575. The molecule has 0 fully saturated rings. The highest BCUT2D eigenvalue weighted by molar-refractivity contribution is 14.1. The van der Waals surface area contributed by atoms with Crippen molar-refractivity contribution in [1.82, 2.24) is 4.48 Å². The summed E-state index contributed by atoms with van der Waals surface area (Å²) in [5.74, 6) is 0. The second-order valence-corrected chi connectivity index (χ2v) is 5.15. The van der Waals surface area contributed by atoms with Crippen LogP contribution >= 0.6 is 22.6 Å². The van der Waals surface area contributed by atoms with Gasteiger partial charge in [0.05, 0.1) is 5.70 Å². The summed E-state index contributed by atoms with van der Waals surface area (Å²) in [5, 5.41) is 0. The van der Waals surface area contributed by atoms with E-state index in [0.29, 0.717) is 23.5 Å². The molecule has 2 heterocycles. The van der Waals surface area contributed by atoms with Gasteiger partial charge in [0.1, 0.15) is 3.72 Å². The number of aliphatic imine (C=N–C) groups is 1. The van der Waals surface area contributed by atoms with E-state index in [1.54, 1.807) is 6.08 Å². The van der Waals surface area contributed by atoms with Crippen LogP contribution < -0.4 is 0 Å². The average molecular weight is 360 g/mol. The van der Waals surface area contributed by atoms with Gasteiger partial charge in [-0.3, -0.25) is 8.63 Å². The maximum atomic E-state index is 13.1. The second kappa shape index (κ2) is 5.38. The van der Waals surface area contributed by atoms with Crippen LogP contribution in [0.2, 0.25) is 0 Å². The summed E-state index contributed by atoms with van der Waals surface area (Å²) in [6, 6.07) is 1.81. The lowest BCUT2D eigenvalue weighted by Gasteiger charge is -2.07. The first-order chi connectivity index (χ1) is 8.52. The lowest BCUT2D eigenvalue weighted by molar-refractivity contribution is 0.621. The van der Waals surface area contributed by atoms with Gasteiger partial charge >= 0.3 is 7.40 Å². The predicted molar refractivity (Wildman–Crippen MR) is 80.5 cm³/mol. The number of aryl methyl sites for hydroxylation is 2. The first-order valence-electron chi connectivity index (χ1n) is 5.65. The molecule has 0 spiro atoms. The van der Waals surface area contributed by atoms with Gasteiger partial charge in [0.15, 0.2) is 0 Å². The van der Waals surface area contributed by atoms with E-state index in [0.717, 1.165) is 13.8 Å². The molecule has 2 rings (SSSR count). The van der Waals surface area contributed by atoms with Crippen LogP contribution in [0.25, 0.3) is 6.08 Å². The number of hydrogen-bond acceptors (Lipinski definition) is 1. The SMILES string of the molecule is CCc1cc(C)c(/C=C2/C=CC(I)=N2)n1B(F)F. The standard InChI is InChI=1S/C12H12BF2IN2/c1-3-10-6-8(2)11(18(10)13(14)15)7-9-4-5-12(16)17-9/h4-7H,3H2,1-2H3/b9-7-. The fraction of sp³-hybridized carbons (Fsp3) is 0.250. The minimum absolute atomic E-state index is 0.538. The molecule has 1 aliphatic rings. The Kier molecular flexibility index (Phi) is 4.04. The van der Waals surface area contributed by atoms with Gasteiger partial charge in [0.25, 0.3) is 0 Å². The van der Waals surface area contributed by atoms with Crippen molar-refractivity contribution in [2.45, 2.75) is 20.3 Å². The Labute approximate surface area is 119 Å². The monoisotopic (exact) mass is 360 g/mol. The van der Waals surface area contributed by atoms with Crippen LogP contribution in [0.4, 0.5) is 8.63 Å². The Morgan fingerprint density at radius 3 is 2.67 bits per heavy atom. The van der Waals surface area contributed by atoms with E-state index in [9.17, 15) is 8.63 Å². The summed E-state index contributed by atoms with van der Waals surface area (Å²) in [4.78, 5) is 4.26. The molecule has 0 radical (unpaired) electrons. The van der Waals surface area contributed by atoms with Crippen molar-refractivity contribution >= 4 is 39.8 Å². The molecule has 0 saturated heterocycles. The third-order valence-corrected chi connectivity index (χ3v) is 3.43. The zero-order valence-corrected chi connectivity index (χ0v) is 12.3. The van der Waals surface area contributed by atoms with E-state index in [1.807, 2.05) is 32.1 Å². The lowest BCUT2D eigenvalue weighted by Crippen LogP contribution is -2.17. The van der Waals surface area contributed by atoms with Crippen molar-refractivity contribution in [3.8, 4) is 0 Å². The average Bonchev–Trinajstić information content (AvgIpc) is 2.84. The summed E-state index contributed by atoms with van der Waals surface area (Å²) in [7, 11) is -2.52. The predicted octanol–water partition coefficient (Wildman–Crippen LogP) is 3.88. The maximum absolute atomic E-state index is 13.1. The van der Waals surface area contributed by atoms with Crippen LogP contribution in [-0.2, 0) is 6.42 Å². The number of hydrogen-bond donors (Lipinski definition) is 0. The maximum Gasteiger partial charge on any atom is 0.677 e. The van der Waals surface area contributed by atoms with Crippen molar-refractivity contribution in [2.24, 2.45) is 4.99 Å². The number of aromatic nitrogens is 1. The fourth-order valence-electron chi connectivity index (χ4n) is 2.00. The van der Waals surface area contributed by atoms with Crippen LogP contribution in [0.1, 0.15) is 23.9 Å². The molecule has 1 aliphatic heterocycles. The molecule has 18 heavy (non-hydrogen) atoms. The molecule has 0 N–H and O–H groups in total. The van der Waals surface area contributed by atoms with E-state index in [-0.39, 0.29) is 0 Å². The molecular weight excluding hydrogens is 348 g/mol. The minimum atomic E-state index is -2.52. The molecule has 0 aliphatic carbocycles. The van der Waals surface area contributed by atoms with E-state index >= 15 is 0 Å². The van der Waals surface area contributed by atoms with E-state index in [4.69, 9.17) is 0 Å². The fourth-order valence-corrected chi connectivity index (χ4v) is 2.46. The van der Waals surface area contributed by atoms with Crippen LogP contribution in [0.5, 0.6) is 0 Å². The summed E-state index contributed by atoms with van der Waals surface area (Å²) >= 11 is 2.10. The number of allylic oxidation sites excluding steroid dienone is 2. The van der Waals surface area contributed by atoms with Gasteiger partial charge in [0.2, 0.25) is 0 Å².